The van der Waals surface area contributed by atoms with Crippen LogP contribution in [0.4, 0.5) is 0 Å². The van der Waals surface area contributed by atoms with E-state index in [1.807, 2.05) is 13.8 Å². The van der Waals surface area contributed by atoms with Crippen molar-refractivity contribution in [3.8, 4) is 0 Å². The molecule has 25 heavy (non-hydrogen) atoms. The minimum atomic E-state index is -0.279. The fraction of sp³-hybridized carbons (Fsp3) is 0.739. The topological polar surface area (TPSA) is 29.5 Å². The third-order valence-electron chi connectivity index (χ3n) is 4.05. The van der Waals surface area contributed by atoms with E-state index in [-0.39, 0.29) is 17.6 Å². The average molecular weight is 351 g/mol. The number of aliphatic hydroxyl groups is 1. The minimum Gasteiger partial charge on any atom is -0.396 e. The van der Waals surface area contributed by atoms with Crippen LogP contribution < -0.4 is 0 Å². The smallest absolute Gasteiger partial charge is 0.0724 e. The van der Waals surface area contributed by atoms with Crippen molar-refractivity contribution in [1.29, 1.82) is 0 Å². The molecule has 0 aromatic heterocycles. The van der Waals surface area contributed by atoms with Crippen molar-refractivity contribution in [3.63, 3.8) is 0 Å². The molecule has 0 saturated carbocycles. The third-order valence-corrected chi connectivity index (χ3v) is 4.05. The quantitative estimate of drug-likeness (QED) is 0.608. The summed E-state index contributed by atoms with van der Waals surface area (Å²) in [6.45, 7) is 20.5. The van der Waals surface area contributed by atoms with E-state index in [9.17, 15) is 0 Å². The van der Waals surface area contributed by atoms with Gasteiger partial charge >= 0.3 is 0 Å². The highest BCUT2D eigenvalue weighted by Crippen LogP contribution is 2.36. The highest BCUT2D eigenvalue weighted by atomic mass is 16.5. The van der Waals surface area contributed by atoms with Crippen LogP contribution in [-0.4, -0.2) is 17.3 Å². The van der Waals surface area contributed by atoms with Crippen LogP contribution >= 0.6 is 0 Å². The zero-order valence-electron chi connectivity index (χ0n) is 18.2. The Morgan fingerprint density at radius 1 is 0.880 bits per heavy atom. The summed E-state index contributed by atoms with van der Waals surface area (Å²) in [5, 5.41) is 9.04. The molecule has 0 unspecified atom stereocenters. The zero-order chi connectivity index (χ0) is 19.7. The molecular weight excluding hydrogens is 308 g/mol. The Morgan fingerprint density at radius 2 is 1.36 bits per heavy atom. The van der Waals surface area contributed by atoms with Crippen molar-refractivity contribution < 1.29 is 9.84 Å². The lowest BCUT2D eigenvalue weighted by atomic mass is 9.72. The molecule has 0 fully saturated rings. The van der Waals surface area contributed by atoms with Gasteiger partial charge in [0.25, 0.3) is 0 Å². The van der Waals surface area contributed by atoms with Crippen LogP contribution in [0, 0.1) is 5.41 Å². The van der Waals surface area contributed by atoms with Gasteiger partial charge in [0, 0.05) is 6.61 Å². The van der Waals surface area contributed by atoms with Crippen molar-refractivity contribution in [2.75, 3.05) is 6.61 Å². The van der Waals surface area contributed by atoms with Gasteiger partial charge < -0.3 is 9.84 Å². The van der Waals surface area contributed by atoms with E-state index < -0.39 is 0 Å². The number of aliphatic hydroxyl groups excluding tert-OH is 1. The number of hydrogen-bond acceptors (Lipinski definition) is 2. The molecule has 0 aliphatic rings. The summed E-state index contributed by atoms with van der Waals surface area (Å²) in [5.74, 6) is 0. The monoisotopic (exact) mass is 350 g/mol. The van der Waals surface area contributed by atoms with E-state index >= 15 is 0 Å². The number of ether oxygens (including phenoxy) is 1. The first-order valence-electron chi connectivity index (χ1n) is 9.71. The Bertz CT molecular complexity index is 464. The predicted molar refractivity (Wildman–Crippen MR) is 110 cm³/mol. The van der Waals surface area contributed by atoms with E-state index in [1.165, 1.54) is 17.5 Å². The first-order chi connectivity index (χ1) is 11.4. The number of rotatable bonds is 7. The molecule has 0 amide bonds. The SMILES string of the molecule is CC(C)(C)CC(C)(C)c1ccc(COC(C)(C)CCO)cc1.CCC. The maximum absolute atomic E-state index is 9.04. The van der Waals surface area contributed by atoms with Gasteiger partial charge in [-0.1, -0.05) is 79.2 Å². The van der Waals surface area contributed by atoms with E-state index in [0.717, 1.165) is 6.42 Å². The van der Waals surface area contributed by atoms with Crippen LogP contribution in [-0.2, 0) is 16.8 Å². The van der Waals surface area contributed by atoms with Gasteiger partial charge in [-0.05, 0) is 48.6 Å². The van der Waals surface area contributed by atoms with Crippen LogP contribution in [0.1, 0.15) is 92.7 Å². The molecule has 146 valence electrons. The molecule has 1 rings (SSSR count). The van der Waals surface area contributed by atoms with Gasteiger partial charge in [0.1, 0.15) is 0 Å². The van der Waals surface area contributed by atoms with Crippen molar-refractivity contribution in [2.24, 2.45) is 5.41 Å². The summed E-state index contributed by atoms with van der Waals surface area (Å²) in [4.78, 5) is 0. The van der Waals surface area contributed by atoms with Crippen molar-refractivity contribution in [3.05, 3.63) is 35.4 Å². The first-order valence-corrected chi connectivity index (χ1v) is 9.71. The summed E-state index contributed by atoms with van der Waals surface area (Å²) in [5.41, 5.74) is 2.77. The molecule has 1 aromatic rings. The molecule has 0 saturated heterocycles. The fourth-order valence-electron chi connectivity index (χ4n) is 3.10. The fourth-order valence-corrected chi connectivity index (χ4v) is 3.10. The Hall–Kier alpha value is -0.860. The van der Waals surface area contributed by atoms with Gasteiger partial charge in [0.15, 0.2) is 0 Å². The highest BCUT2D eigenvalue weighted by molar-refractivity contribution is 5.28. The standard InChI is InChI=1S/C20H34O2.C3H8/c1-18(2,3)15-19(4,5)17-10-8-16(9-11-17)14-22-20(6,7)12-13-21;1-3-2/h8-11,21H,12-15H2,1-7H3;3H2,1-2H3. The molecule has 0 bridgehead atoms. The third kappa shape index (κ3) is 10.7. The summed E-state index contributed by atoms with van der Waals surface area (Å²) in [6.07, 6.45) is 3.06. The molecule has 0 spiro atoms. The number of hydrogen-bond donors (Lipinski definition) is 1. The molecule has 2 heteroatoms. The van der Waals surface area contributed by atoms with E-state index in [2.05, 4.69) is 72.7 Å². The minimum absolute atomic E-state index is 0.160. The van der Waals surface area contributed by atoms with Gasteiger partial charge in [-0.15, -0.1) is 0 Å². The van der Waals surface area contributed by atoms with Gasteiger partial charge in [-0.25, -0.2) is 0 Å². The molecule has 0 aliphatic carbocycles. The Morgan fingerprint density at radius 3 is 1.76 bits per heavy atom. The molecular formula is C23H42O2. The normalized spacial score (nSPS) is 12.6. The Balaban J connectivity index is 0.00000178. The second kappa shape index (κ2) is 10.3. The summed E-state index contributed by atoms with van der Waals surface area (Å²) < 4.78 is 5.90. The summed E-state index contributed by atoms with van der Waals surface area (Å²) in [6, 6.07) is 8.77. The van der Waals surface area contributed by atoms with E-state index in [4.69, 9.17) is 9.84 Å². The van der Waals surface area contributed by atoms with Gasteiger partial charge in [-0.3, -0.25) is 0 Å². The lowest BCUT2D eigenvalue weighted by molar-refractivity contribution is -0.0434. The maximum Gasteiger partial charge on any atom is 0.0724 e. The highest BCUT2D eigenvalue weighted by Gasteiger charge is 2.27. The largest absolute Gasteiger partial charge is 0.396 e. The van der Waals surface area contributed by atoms with Crippen molar-refractivity contribution in [1.82, 2.24) is 0 Å². The molecule has 1 N–H and O–H groups in total. The maximum atomic E-state index is 9.04. The molecule has 1 aromatic carbocycles. The lowest BCUT2D eigenvalue weighted by Gasteiger charge is -2.33. The Labute approximate surface area is 157 Å². The molecule has 0 heterocycles. The molecule has 2 nitrogen and oxygen atoms in total. The van der Waals surface area contributed by atoms with Crippen LogP contribution in [0.3, 0.4) is 0 Å². The Kier molecular flexibility index (Phi) is 9.97. The lowest BCUT2D eigenvalue weighted by Crippen LogP contribution is -2.26. The summed E-state index contributed by atoms with van der Waals surface area (Å²) in [7, 11) is 0. The van der Waals surface area contributed by atoms with Crippen LogP contribution in [0.25, 0.3) is 0 Å². The molecule has 0 atom stereocenters. The van der Waals surface area contributed by atoms with Gasteiger partial charge in [0.2, 0.25) is 0 Å². The van der Waals surface area contributed by atoms with Crippen LogP contribution in [0.2, 0.25) is 0 Å². The first kappa shape index (κ1) is 24.1. The van der Waals surface area contributed by atoms with Crippen LogP contribution in [0.5, 0.6) is 0 Å². The zero-order valence-corrected chi connectivity index (χ0v) is 18.2. The average Bonchev–Trinajstić information content (AvgIpc) is 2.44. The van der Waals surface area contributed by atoms with Crippen LogP contribution in [0.15, 0.2) is 24.3 Å². The van der Waals surface area contributed by atoms with Gasteiger partial charge in [-0.2, -0.15) is 0 Å². The van der Waals surface area contributed by atoms with Gasteiger partial charge in [0.05, 0.1) is 12.2 Å². The second-order valence-corrected chi connectivity index (χ2v) is 9.55. The molecule has 0 aliphatic heterocycles. The predicted octanol–water partition coefficient (Wildman–Crippen LogP) is 6.49. The molecule has 0 radical (unpaired) electrons. The van der Waals surface area contributed by atoms with Crippen molar-refractivity contribution in [2.45, 2.75) is 99.2 Å². The van der Waals surface area contributed by atoms with E-state index in [0.29, 0.717) is 18.4 Å². The number of benzene rings is 1. The summed E-state index contributed by atoms with van der Waals surface area (Å²) >= 11 is 0. The van der Waals surface area contributed by atoms with Crippen molar-refractivity contribution >= 4 is 0 Å². The second-order valence-electron chi connectivity index (χ2n) is 9.55. The van der Waals surface area contributed by atoms with E-state index in [1.54, 1.807) is 0 Å².